The highest BCUT2D eigenvalue weighted by Gasteiger charge is 2.34. The first-order chi connectivity index (χ1) is 12.3. The minimum absolute atomic E-state index is 0.273. The van der Waals surface area contributed by atoms with E-state index in [0.717, 1.165) is 22.3 Å². The van der Waals surface area contributed by atoms with Crippen molar-refractivity contribution in [1.82, 2.24) is 4.31 Å². The van der Waals surface area contributed by atoms with Crippen molar-refractivity contribution in [2.75, 3.05) is 20.8 Å². The lowest BCUT2D eigenvalue weighted by atomic mass is 9.94. The van der Waals surface area contributed by atoms with Crippen LogP contribution in [0.3, 0.4) is 0 Å². The Balaban J connectivity index is 2.02. The van der Waals surface area contributed by atoms with Crippen LogP contribution in [0.5, 0.6) is 11.5 Å². The van der Waals surface area contributed by atoms with Gasteiger partial charge in [-0.2, -0.15) is 4.31 Å². The van der Waals surface area contributed by atoms with Crippen LogP contribution >= 0.6 is 0 Å². The molecular formula is C20H25NO4S. The van der Waals surface area contributed by atoms with Gasteiger partial charge >= 0.3 is 0 Å². The molecule has 0 bridgehead atoms. The summed E-state index contributed by atoms with van der Waals surface area (Å²) in [4.78, 5) is 0.344. The van der Waals surface area contributed by atoms with Gasteiger partial charge in [0.25, 0.3) is 0 Å². The number of sulfonamides is 1. The van der Waals surface area contributed by atoms with Gasteiger partial charge in [-0.25, -0.2) is 8.42 Å². The third kappa shape index (κ3) is 3.08. The molecule has 1 aliphatic heterocycles. The molecule has 0 fully saturated rings. The smallest absolute Gasteiger partial charge is 0.243 e. The maximum Gasteiger partial charge on any atom is 0.243 e. The molecule has 2 aromatic rings. The Morgan fingerprint density at radius 3 is 2.27 bits per heavy atom. The molecule has 0 N–H and O–H groups in total. The molecule has 5 nitrogen and oxygen atoms in total. The van der Waals surface area contributed by atoms with Gasteiger partial charge in [-0.1, -0.05) is 6.07 Å². The first-order valence-corrected chi connectivity index (χ1v) is 10.1. The van der Waals surface area contributed by atoms with Crippen LogP contribution in [0.1, 0.15) is 35.2 Å². The molecule has 140 valence electrons. The van der Waals surface area contributed by atoms with E-state index in [-0.39, 0.29) is 6.04 Å². The van der Waals surface area contributed by atoms with Crippen LogP contribution in [-0.2, 0) is 16.4 Å². The van der Waals surface area contributed by atoms with Gasteiger partial charge in [0.15, 0.2) is 11.5 Å². The van der Waals surface area contributed by atoms with Crippen molar-refractivity contribution in [3.05, 3.63) is 52.6 Å². The molecule has 0 amide bonds. The molecular weight excluding hydrogens is 350 g/mol. The fourth-order valence-electron chi connectivity index (χ4n) is 3.46. The van der Waals surface area contributed by atoms with Crippen LogP contribution in [-0.4, -0.2) is 33.5 Å². The molecule has 1 aliphatic rings. The largest absolute Gasteiger partial charge is 0.493 e. The van der Waals surface area contributed by atoms with E-state index < -0.39 is 10.0 Å². The van der Waals surface area contributed by atoms with Gasteiger partial charge in [0.1, 0.15) is 0 Å². The number of ether oxygens (including phenoxy) is 2. The van der Waals surface area contributed by atoms with E-state index in [2.05, 4.69) is 0 Å². The van der Waals surface area contributed by atoms with E-state index >= 15 is 0 Å². The van der Waals surface area contributed by atoms with Crippen LogP contribution in [0.2, 0.25) is 0 Å². The van der Waals surface area contributed by atoms with E-state index in [9.17, 15) is 8.42 Å². The maximum atomic E-state index is 13.2. The molecule has 0 saturated heterocycles. The Hall–Kier alpha value is -2.05. The summed E-state index contributed by atoms with van der Waals surface area (Å²) in [5.74, 6) is 1.28. The molecule has 2 aromatic carbocycles. The molecule has 0 aliphatic carbocycles. The second-order valence-electron chi connectivity index (χ2n) is 6.69. The van der Waals surface area contributed by atoms with E-state index in [0.29, 0.717) is 29.4 Å². The highest BCUT2D eigenvalue weighted by atomic mass is 32.2. The van der Waals surface area contributed by atoms with Gasteiger partial charge in [0.2, 0.25) is 10.0 Å². The average molecular weight is 375 g/mol. The quantitative estimate of drug-likeness (QED) is 0.819. The van der Waals surface area contributed by atoms with Gasteiger partial charge in [-0.15, -0.1) is 0 Å². The van der Waals surface area contributed by atoms with Gasteiger partial charge in [-0.3, -0.25) is 0 Å². The minimum atomic E-state index is -3.57. The zero-order chi connectivity index (χ0) is 19.1. The van der Waals surface area contributed by atoms with Crippen molar-refractivity contribution < 1.29 is 17.9 Å². The summed E-state index contributed by atoms with van der Waals surface area (Å²) >= 11 is 0. The summed E-state index contributed by atoms with van der Waals surface area (Å²) in [6.07, 6.45) is 0.643. The van der Waals surface area contributed by atoms with E-state index in [1.165, 1.54) is 0 Å². The number of benzene rings is 2. The molecule has 0 radical (unpaired) electrons. The SMILES string of the molecule is COc1cc2c(cc1OC)C(C)N(S(=O)(=O)c1ccc(C)c(C)c1)CC2. The van der Waals surface area contributed by atoms with E-state index in [1.807, 2.05) is 39.0 Å². The number of rotatable bonds is 4. The summed E-state index contributed by atoms with van der Waals surface area (Å²) in [7, 11) is -0.378. The Kier molecular flexibility index (Phi) is 4.99. The average Bonchev–Trinajstić information content (AvgIpc) is 2.62. The van der Waals surface area contributed by atoms with Gasteiger partial charge < -0.3 is 9.47 Å². The lowest BCUT2D eigenvalue weighted by Crippen LogP contribution is -2.38. The Morgan fingerprint density at radius 2 is 1.65 bits per heavy atom. The fraction of sp³-hybridized carbons (Fsp3) is 0.400. The van der Waals surface area contributed by atoms with Crippen molar-refractivity contribution >= 4 is 10.0 Å². The van der Waals surface area contributed by atoms with Gasteiger partial charge in [-0.05, 0) is 73.7 Å². The first kappa shape index (κ1) is 18.7. The number of nitrogens with zero attached hydrogens (tertiary/aromatic N) is 1. The predicted molar refractivity (Wildman–Crippen MR) is 101 cm³/mol. The highest BCUT2D eigenvalue weighted by Crippen LogP contribution is 2.39. The molecule has 0 saturated carbocycles. The molecule has 0 aromatic heterocycles. The lowest BCUT2D eigenvalue weighted by molar-refractivity contribution is 0.319. The summed E-state index contributed by atoms with van der Waals surface area (Å²) in [5.41, 5.74) is 4.11. The zero-order valence-corrected chi connectivity index (χ0v) is 16.7. The van der Waals surface area contributed by atoms with Crippen molar-refractivity contribution in [3.63, 3.8) is 0 Å². The third-order valence-corrected chi connectivity index (χ3v) is 7.18. The van der Waals surface area contributed by atoms with Crippen LogP contribution < -0.4 is 9.47 Å². The summed E-state index contributed by atoms with van der Waals surface area (Å²) < 4.78 is 38.8. The predicted octanol–water partition coefficient (Wildman–Crippen LogP) is 3.63. The van der Waals surface area contributed by atoms with Crippen molar-refractivity contribution in [3.8, 4) is 11.5 Å². The van der Waals surface area contributed by atoms with Crippen LogP contribution in [0.25, 0.3) is 0 Å². The minimum Gasteiger partial charge on any atom is -0.493 e. The van der Waals surface area contributed by atoms with Gasteiger partial charge in [0, 0.05) is 12.6 Å². The second kappa shape index (κ2) is 6.93. The lowest BCUT2D eigenvalue weighted by Gasteiger charge is -2.34. The van der Waals surface area contributed by atoms with E-state index in [1.54, 1.807) is 30.7 Å². The molecule has 6 heteroatoms. The zero-order valence-electron chi connectivity index (χ0n) is 15.9. The summed E-state index contributed by atoms with van der Waals surface area (Å²) in [6, 6.07) is 8.87. The topological polar surface area (TPSA) is 55.8 Å². The number of hydrogen-bond donors (Lipinski definition) is 0. The molecule has 1 heterocycles. The highest BCUT2D eigenvalue weighted by molar-refractivity contribution is 7.89. The fourth-order valence-corrected chi connectivity index (χ4v) is 5.16. The Bertz CT molecular complexity index is 937. The molecule has 26 heavy (non-hydrogen) atoms. The number of aryl methyl sites for hydroxylation is 2. The first-order valence-electron chi connectivity index (χ1n) is 8.63. The van der Waals surface area contributed by atoms with Crippen LogP contribution in [0, 0.1) is 13.8 Å². The third-order valence-electron chi connectivity index (χ3n) is 5.21. The summed E-state index contributed by atoms with van der Waals surface area (Å²) in [6.45, 7) is 6.27. The number of fused-ring (bicyclic) bond motifs is 1. The van der Waals surface area contributed by atoms with Crippen molar-refractivity contribution in [1.29, 1.82) is 0 Å². The van der Waals surface area contributed by atoms with Gasteiger partial charge in [0.05, 0.1) is 19.1 Å². The molecule has 0 spiro atoms. The maximum absolute atomic E-state index is 13.2. The van der Waals surface area contributed by atoms with Crippen LogP contribution in [0.4, 0.5) is 0 Å². The number of hydrogen-bond acceptors (Lipinski definition) is 4. The molecule has 1 unspecified atom stereocenters. The summed E-state index contributed by atoms with van der Waals surface area (Å²) in [5, 5.41) is 0. The van der Waals surface area contributed by atoms with E-state index in [4.69, 9.17) is 9.47 Å². The molecule has 1 atom stereocenters. The Morgan fingerprint density at radius 1 is 1.00 bits per heavy atom. The normalized spacial score (nSPS) is 17.7. The van der Waals surface area contributed by atoms with Crippen LogP contribution in [0.15, 0.2) is 35.2 Å². The van der Waals surface area contributed by atoms with Crippen molar-refractivity contribution in [2.24, 2.45) is 0 Å². The standard InChI is InChI=1S/C20H25NO4S/c1-13-6-7-17(10-14(13)2)26(22,23)21-9-8-16-11-19(24-4)20(25-5)12-18(16)15(21)3/h6-7,10-12,15H,8-9H2,1-5H3. The monoisotopic (exact) mass is 375 g/mol. The van der Waals surface area contributed by atoms with Crippen molar-refractivity contribution in [2.45, 2.75) is 38.1 Å². The Labute approximate surface area is 155 Å². The molecule has 3 rings (SSSR count). The second-order valence-corrected chi connectivity index (χ2v) is 8.58. The number of methoxy groups -OCH3 is 2.